The van der Waals surface area contributed by atoms with Gasteiger partial charge in [0.25, 0.3) is 9.70 Å². The van der Waals surface area contributed by atoms with Gasteiger partial charge >= 0.3 is 0 Å². The van der Waals surface area contributed by atoms with E-state index < -0.39 is 31.6 Å². The number of aliphatic imine (C=N–C) groups is 1. The first-order valence-corrected chi connectivity index (χ1v) is 9.81. The number of benzene rings is 1. The molecule has 1 saturated heterocycles. The minimum absolute atomic E-state index is 0.176. The van der Waals surface area contributed by atoms with Crippen LogP contribution < -0.4 is 10.1 Å². The third-order valence-corrected chi connectivity index (χ3v) is 5.66. The molecule has 1 aromatic carbocycles. The van der Waals surface area contributed by atoms with Gasteiger partial charge in [0.2, 0.25) is 0 Å². The summed E-state index contributed by atoms with van der Waals surface area (Å²) < 4.78 is 26.6. The summed E-state index contributed by atoms with van der Waals surface area (Å²) >= 11 is 16.5. The molecule has 0 radical (unpaired) electrons. The van der Waals surface area contributed by atoms with Crippen molar-refractivity contribution in [2.75, 3.05) is 18.6 Å². The van der Waals surface area contributed by atoms with E-state index in [2.05, 4.69) is 10.3 Å². The summed E-state index contributed by atoms with van der Waals surface area (Å²) in [4.78, 5) is 16.0. The number of halogens is 3. The van der Waals surface area contributed by atoms with Gasteiger partial charge in [-0.2, -0.15) is 0 Å². The van der Waals surface area contributed by atoms with Gasteiger partial charge in [0.15, 0.2) is 9.84 Å². The Morgan fingerprint density at radius 3 is 2.46 bits per heavy atom. The Morgan fingerprint density at radius 2 is 1.92 bits per heavy atom. The van der Waals surface area contributed by atoms with Crippen LogP contribution in [-0.2, 0) is 14.6 Å². The fourth-order valence-electron chi connectivity index (χ4n) is 2.24. The first-order valence-electron chi connectivity index (χ1n) is 6.86. The van der Waals surface area contributed by atoms with Crippen molar-refractivity contribution in [1.29, 1.82) is 0 Å². The molecule has 6 nitrogen and oxygen atoms in total. The molecule has 2 atom stereocenters. The number of sulfone groups is 1. The number of hydrogen-bond donors (Lipinski definition) is 1. The van der Waals surface area contributed by atoms with Crippen LogP contribution in [0.4, 0.5) is 0 Å². The summed E-state index contributed by atoms with van der Waals surface area (Å²) in [6, 6.07) is 5.69. The van der Waals surface area contributed by atoms with Gasteiger partial charge in [0, 0.05) is 6.21 Å². The van der Waals surface area contributed by atoms with Crippen LogP contribution in [0, 0.1) is 0 Å². The number of carbonyl (C=O) groups is 1. The number of nitrogens with one attached hydrogen (secondary N) is 1. The highest BCUT2D eigenvalue weighted by atomic mass is 35.6. The number of ether oxygens (including phenoxy) is 1. The van der Waals surface area contributed by atoms with Crippen molar-refractivity contribution in [1.82, 2.24) is 5.32 Å². The molecule has 1 aliphatic heterocycles. The molecule has 0 aromatic heterocycles. The lowest BCUT2D eigenvalue weighted by Gasteiger charge is -2.19. The van der Waals surface area contributed by atoms with Gasteiger partial charge in [0.05, 0.1) is 30.7 Å². The zero-order chi connectivity index (χ0) is 18.0. The summed E-state index contributed by atoms with van der Waals surface area (Å²) in [5, 5.41) is 2.43. The van der Waals surface area contributed by atoms with Gasteiger partial charge in [-0.05, 0) is 29.8 Å². The van der Waals surface area contributed by atoms with E-state index in [1.807, 2.05) is 0 Å². The minimum Gasteiger partial charge on any atom is -0.497 e. The van der Waals surface area contributed by atoms with Gasteiger partial charge in [-0.1, -0.05) is 34.8 Å². The van der Waals surface area contributed by atoms with E-state index in [-0.39, 0.29) is 11.5 Å². The lowest BCUT2D eigenvalue weighted by molar-refractivity contribution is -0.120. The standard InChI is InChI=1S/C14H15Cl3N2O4S/c1-23-10-4-2-9(3-5-10)6-18-11-7-24(21,22)8-12(11)19-13(20)14(15,16)17/h2-6,11-12H,7-8H2,1H3,(H,19,20)/t11-,12+/m1/s1. The lowest BCUT2D eigenvalue weighted by Crippen LogP contribution is -2.46. The number of methoxy groups -OCH3 is 1. The number of nitrogens with zero attached hydrogens (tertiary/aromatic N) is 1. The number of amides is 1. The first-order chi connectivity index (χ1) is 11.1. The Balaban J connectivity index is 2.13. The van der Waals surface area contributed by atoms with Crippen molar-refractivity contribution in [3.63, 3.8) is 0 Å². The van der Waals surface area contributed by atoms with E-state index >= 15 is 0 Å². The van der Waals surface area contributed by atoms with Crippen LogP contribution >= 0.6 is 34.8 Å². The Hall–Kier alpha value is -1.02. The molecule has 132 valence electrons. The van der Waals surface area contributed by atoms with Crippen LogP contribution in [-0.4, -0.2) is 55.0 Å². The van der Waals surface area contributed by atoms with Crippen molar-refractivity contribution >= 4 is 56.8 Å². The molecule has 0 unspecified atom stereocenters. The van der Waals surface area contributed by atoms with Crippen LogP contribution in [0.15, 0.2) is 29.3 Å². The molecule has 0 bridgehead atoms. The smallest absolute Gasteiger partial charge is 0.272 e. The zero-order valence-corrected chi connectivity index (χ0v) is 15.7. The van der Waals surface area contributed by atoms with E-state index in [1.165, 1.54) is 0 Å². The van der Waals surface area contributed by atoms with E-state index in [0.717, 1.165) is 5.56 Å². The van der Waals surface area contributed by atoms with Gasteiger partial charge in [0.1, 0.15) is 5.75 Å². The summed E-state index contributed by atoms with van der Waals surface area (Å²) in [6.45, 7) is 0. The highest BCUT2D eigenvalue weighted by molar-refractivity contribution is 7.91. The predicted molar refractivity (Wildman–Crippen MR) is 95.3 cm³/mol. The zero-order valence-electron chi connectivity index (χ0n) is 12.6. The molecule has 1 aromatic rings. The molecule has 1 amide bonds. The molecular weight excluding hydrogens is 399 g/mol. The maximum Gasteiger partial charge on any atom is 0.272 e. The van der Waals surface area contributed by atoms with Crippen LogP contribution in [0.1, 0.15) is 5.56 Å². The minimum atomic E-state index is -3.33. The third-order valence-electron chi connectivity index (χ3n) is 3.43. The molecular formula is C14H15Cl3N2O4S. The quantitative estimate of drug-likeness (QED) is 0.602. The molecule has 0 spiro atoms. The SMILES string of the molecule is COc1ccc(C=N[C@@H]2CS(=O)(=O)C[C@@H]2NC(=O)C(Cl)(Cl)Cl)cc1. The maximum atomic E-state index is 11.8. The first kappa shape index (κ1) is 19.3. The molecule has 1 heterocycles. The monoisotopic (exact) mass is 412 g/mol. The average molecular weight is 414 g/mol. The van der Waals surface area contributed by atoms with Gasteiger partial charge in [-0.3, -0.25) is 9.79 Å². The lowest BCUT2D eigenvalue weighted by atomic mass is 10.1. The highest BCUT2D eigenvalue weighted by Crippen LogP contribution is 2.27. The summed E-state index contributed by atoms with van der Waals surface area (Å²) in [6.07, 6.45) is 1.54. The normalized spacial score (nSPS) is 23.3. The van der Waals surface area contributed by atoms with Crippen LogP contribution in [0.25, 0.3) is 0 Å². The molecule has 0 saturated carbocycles. The fraction of sp³-hybridized carbons (Fsp3) is 0.429. The summed E-state index contributed by atoms with van der Waals surface area (Å²) in [5.74, 6) is -0.600. The van der Waals surface area contributed by atoms with Gasteiger partial charge < -0.3 is 10.1 Å². The molecule has 1 N–H and O–H groups in total. The van der Waals surface area contributed by atoms with E-state index in [1.54, 1.807) is 37.6 Å². The number of hydrogen-bond acceptors (Lipinski definition) is 5. The molecule has 2 rings (SSSR count). The van der Waals surface area contributed by atoms with E-state index in [9.17, 15) is 13.2 Å². The van der Waals surface area contributed by atoms with Crippen molar-refractivity contribution in [3.8, 4) is 5.75 Å². The highest BCUT2D eigenvalue weighted by Gasteiger charge is 2.41. The fourth-order valence-corrected chi connectivity index (χ4v) is 4.23. The second-order valence-corrected chi connectivity index (χ2v) is 9.71. The Morgan fingerprint density at radius 1 is 1.29 bits per heavy atom. The van der Waals surface area contributed by atoms with Crippen molar-refractivity contribution in [3.05, 3.63) is 29.8 Å². The van der Waals surface area contributed by atoms with Crippen molar-refractivity contribution in [2.24, 2.45) is 4.99 Å². The Kier molecular flexibility index (Phi) is 6.01. The van der Waals surface area contributed by atoms with Gasteiger partial charge in [-0.25, -0.2) is 8.42 Å². The molecule has 24 heavy (non-hydrogen) atoms. The van der Waals surface area contributed by atoms with E-state index in [0.29, 0.717) is 5.75 Å². The second kappa shape index (κ2) is 7.47. The molecule has 1 fully saturated rings. The Labute approximate surface area is 155 Å². The maximum absolute atomic E-state index is 11.8. The van der Waals surface area contributed by atoms with Gasteiger partial charge in [-0.15, -0.1) is 0 Å². The second-order valence-electron chi connectivity index (χ2n) is 5.27. The predicted octanol–water partition coefficient (Wildman–Crippen LogP) is 1.77. The molecule has 10 heteroatoms. The number of carbonyl (C=O) groups excluding carboxylic acids is 1. The molecule has 0 aliphatic carbocycles. The average Bonchev–Trinajstić information content (AvgIpc) is 2.78. The Bertz CT molecular complexity index is 729. The summed E-state index contributed by atoms with van der Waals surface area (Å²) in [7, 11) is -1.77. The van der Waals surface area contributed by atoms with E-state index in [4.69, 9.17) is 39.5 Å². The topological polar surface area (TPSA) is 84.8 Å². The van der Waals surface area contributed by atoms with Crippen LogP contribution in [0.3, 0.4) is 0 Å². The number of rotatable bonds is 4. The van der Waals surface area contributed by atoms with Crippen molar-refractivity contribution < 1.29 is 17.9 Å². The summed E-state index contributed by atoms with van der Waals surface area (Å²) in [5.41, 5.74) is 0.770. The number of alkyl halides is 3. The molecule has 1 aliphatic rings. The van der Waals surface area contributed by atoms with Crippen LogP contribution in [0.2, 0.25) is 0 Å². The largest absolute Gasteiger partial charge is 0.497 e. The van der Waals surface area contributed by atoms with Crippen LogP contribution in [0.5, 0.6) is 5.75 Å². The van der Waals surface area contributed by atoms with Crippen molar-refractivity contribution in [2.45, 2.75) is 15.9 Å². The third kappa shape index (κ3) is 5.24.